The van der Waals surface area contributed by atoms with Crippen LogP contribution in [0.25, 0.3) is 11.7 Å². The molecule has 0 aliphatic rings. The van der Waals surface area contributed by atoms with Gasteiger partial charge in [0.05, 0.1) is 5.56 Å². The second-order valence-electron chi connectivity index (χ2n) is 9.20. The number of hydrogen-bond acceptors (Lipinski definition) is 0. The molecule has 3 aromatic carbocycles. The molecule has 36 heavy (non-hydrogen) atoms. The molecule has 0 amide bonds. The maximum Gasteiger partial charge on any atom is 0.458 e. The van der Waals surface area contributed by atoms with Crippen molar-refractivity contribution in [2.45, 2.75) is 39.3 Å². The van der Waals surface area contributed by atoms with E-state index >= 15 is 0 Å². The molecule has 0 spiro atoms. The van der Waals surface area contributed by atoms with Crippen molar-refractivity contribution in [1.29, 1.82) is 0 Å². The lowest BCUT2D eigenvalue weighted by Crippen LogP contribution is -2.14. The summed E-state index contributed by atoms with van der Waals surface area (Å²) in [6, 6.07) is 14.5. The first-order chi connectivity index (χ1) is 16.7. The SMILES string of the molecule is Cc1ccc(/C(F)=C(\F)c2ccc(C#Cc3cc(F)c(C#CC(F)(F)F)cc3C(C)(C)C)cc2)cc1. The van der Waals surface area contributed by atoms with E-state index in [4.69, 9.17) is 0 Å². The predicted octanol–water partition coefficient (Wildman–Crippen LogP) is 8.51. The molecule has 0 N–H and O–H groups in total. The van der Waals surface area contributed by atoms with Crippen LogP contribution in [0.2, 0.25) is 0 Å². The van der Waals surface area contributed by atoms with Crippen LogP contribution in [0.4, 0.5) is 26.3 Å². The van der Waals surface area contributed by atoms with Crippen molar-refractivity contribution in [2.24, 2.45) is 0 Å². The Morgan fingerprint density at radius 1 is 0.694 bits per heavy atom. The minimum absolute atomic E-state index is 0.0349. The highest BCUT2D eigenvalue weighted by atomic mass is 19.4. The van der Waals surface area contributed by atoms with E-state index in [0.717, 1.165) is 17.6 Å². The number of hydrogen-bond donors (Lipinski definition) is 0. The highest BCUT2D eigenvalue weighted by Gasteiger charge is 2.24. The Morgan fingerprint density at radius 3 is 1.72 bits per heavy atom. The standard InChI is InChI=1S/C30H22F6/c1-19-5-10-21(11-6-19)27(32)28(33)22-12-7-20(8-13-22)9-14-23-18-26(31)24(15-16-30(34,35)36)17-25(23)29(2,3)4/h5-8,10-13,17-18H,1-4H3/b28-27+. The zero-order valence-corrected chi connectivity index (χ0v) is 20.0. The van der Waals surface area contributed by atoms with Gasteiger partial charge in [-0.25, -0.2) is 13.2 Å². The van der Waals surface area contributed by atoms with Gasteiger partial charge in [-0.15, -0.1) is 0 Å². The summed E-state index contributed by atoms with van der Waals surface area (Å²) in [4.78, 5) is 0. The van der Waals surface area contributed by atoms with Crippen LogP contribution in [-0.2, 0) is 5.41 Å². The van der Waals surface area contributed by atoms with E-state index in [9.17, 15) is 26.3 Å². The van der Waals surface area contributed by atoms with Crippen LogP contribution in [0, 0.1) is 36.4 Å². The van der Waals surface area contributed by atoms with Crippen LogP contribution in [-0.4, -0.2) is 6.18 Å². The summed E-state index contributed by atoms with van der Waals surface area (Å²) < 4.78 is 81.0. The van der Waals surface area contributed by atoms with Gasteiger partial charge in [0.25, 0.3) is 0 Å². The molecule has 0 aliphatic carbocycles. The third kappa shape index (κ3) is 6.83. The average Bonchev–Trinajstić information content (AvgIpc) is 2.80. The van der Waals surface area contributed by atoms with E-state index in [1.165, 1.54) is 42.5 Å². The summed E-state index contributed by atoms with van der Waals surface area (Å²) in [5.41, 5.74) is 1.43. The summed E-state index contributed by atoms with van der Waals surface area (Å²) >= 11 is 0. The Labute approximate surface area is 206 Å². The molecule has 0 saturated heterocycles. The summed E-state index contributed by atoms with van der Waals surface area (Å²) in [6.45, 7) is 7.30. The number of aryl methyl sites for hydroxylation is 1. The minimum Gasteiger partial charge on any atom is -0.206 e. The Hall–Kier alpha value is -3.90. The normalized spacial score (nSPS) is 12.2. The highest BCUT2D eigenvalue weighted by Crippen LogP contribution is 2.30. The van der Waals surface area contributed by atoms with Crippen LogP contribution in [0.15, 0.2) is 60.7 Å². The smallest absolute Gasteiger partial charge is 0.206 e. The highest BCUT2D eigenvalue weighted by molar-refractivity contribution is 5.83. The largest absolute Gasteiger partial charge is 0.458 e. The summed E-state index contributed by atoms with van der Waals surface area (Å²) in [5, 5.41) is 0. The Bertz CT molecular complexity index is 1410. The molecular weight excluding hydrogens is 474 g/mol. The van der Waals surface area contributed by atoms with Gasteiger partial charge in [-0.1, -0.05) is 80.5 Å². The van der Waals surface area contributed by atoms with Crippen LogP contribution < -0.4 is 0 Å². The molecule has 3 rings (SSSR count). The molecule has 0 fully saturated rings. The Kier molecular flexibility index (Phi) is 7.70. The molecule has 0 heterocycles. The Balaban J connectivity index is 1.94. The lowest BCUT2D eigenvalue weighted by molar-refractivity contribution is -0.0696. The average molecular weight is 496 g/mol. The topological polar surface area (TPSA) is 0 Å². The fourth-order valence-corrected chi connectivity index (χ4v) is 3.32. The molecule has 0 atom stereocenters. The molecular formula is C30H22F6. The molecule has 0 aliphatic heterocycles. The van der Waals surface area contributed by atoms with E-state index in [-0.39, 0.29) is 22.3 Å². The molecule has 0 nitrogen and oxygen atoms in total. The van der Waals surface area contributed by atoms with Gasteiger partial charge in [-0.3, -0.25) is 0 Å². The number of rotatable bonds is 2. The van der Waals surface area contributed by atoms with Crippen LogP contribution in [0.1, 0.15) is 59.7 Å². The second kappa shape index (κ2) is 10.4. The van der Waals surface area contributed by atoms with Crippen LogP contribution in [0.3, 0.4) is 0 Å². The van der Waals surface area contributed by atoms with Crippen LogP contribution in [0.5, 0.6) is 0 Å². The quantitative estimate of drug-likeness (QED) is 0.190. The van der Waals surface area contributed by atoms with E-state index < -0.39 is 29.1 Å². The molecule has 0 bridgehead atoms. The van der Waals surface area contributed by atoms with Gasteiger partial charge >= 0.3 is 6.18 Å². The van der Waals surface area contributed by atoms with Crippen molar-refractivity contribution >= 4 is 11.7 Å². The van der Waals surface area contributed by atoms with E-state index in [1.807, 2.05) is 33.6 Å². The second-order valence-corrected chi connectivity index (χ2v) is 9.20. The maximum atomic E-state index is 14.6. The summed E-state index contributed by atoms with van der Waals surface area (Å²) in [5.74, 6) is 5.70. The monoisotopic (exact) mass is 496 g/mol. The van der Waals surface area contributed by atoms with Gasteiger partial charge in [0, 0.05) is 28.2 Å². The third-order valence-corrected chi connectivity index (χ3v) is 5.23. The maximum absolute atomic E-state index is 14.6. The summed E-state index contributed by atoms with van der Waals surface area (Å²) in [7, 11) is 0. The van der Waals surface area contributed by atoms with Crippen molar-refractivity contribution in [1.82, 2.24) is 0 Å². The van der Waals surface area contributed by atoms with E-state index in [1.54, 1.807) is 12.1 Å². The molecule has 0 aromatic heterocycles. The van der Waals surface area contributed by atoms with Gasteiger partial charge < -0.3 is 0 Å². The lowest BCUT2D eigenvalue weighted by atomic mass is 9.82. The number of halogens is 6. The van der Waals surface area contributed by atoms with Crippen LogP contribution >= 0.6 is 0 Å². The number of benzene rings is 3. The van der Waals surface area contributed by atoms with E-state index in [2.05, 4.69) is 11.8 Å². The number of alkyl halides is 3. The lowest BCUT2D eigenvalue weighted by Gasteiger charge is -2.21. The third-order valence-electron chi connectivity index (χ3n) is 5.23. The van der Waals surface area contributed by atoms with Crippen molar-refractivity contribution in [2.75, 3.05) is 0 Å². The van der Waals surface area contributed by atoms with Gasteiger partial charge in [-0.2, -0.15) is 13.2 Å². The molecule has 0 saturated carbocycles. The van der Waals surface area contributed by atoms with Gasteiger partial charge in [0.1, 0.15) is 5.82 Å². The van der Waals surface area contributed by atoms with Gasteiger partial charge in [0.15, 0.2) is 11.7 Å². The fourth-order valence-electron chi connectivity index (χ4n) is 3.32. The predicted molar refractivity (Wildman–Crippen MR) is 131 cm³/mol. The first-order valence-corrected chi connectivity index (χ1v) is 10.9. The molecule has 184 valence electrons. The Morgan fingerprint density at radius 2 is 1.22 bits per heavy atom. The first kappa shape index (κ1) is 26.7. The zero-order chi connectivity index (χ0) is 26.7. The van der Waals surface area contributed by atoms with Crippen molar-refractivity contribution in [3.05, 3.63) is 105 Å². The minimum atomic E-state index is -4.74. The van der Waals surface area contributed by atoms with Gasteiger partial charge in [-0.05, 0) is 42.2 Å². The molecule has 3 aromatic rings. The first-order valence-electron chi connectivity index (χ1n) is 10.9. The van der Waals surface area contributed by atoms with E-state index in [0.29, 0.717) is 11.1 Å². The van der Waals surface area contributed by atoms with Gasteiger partial charge in [0.2, 0.25) is 0 Å². The zero-order valence-electron chi connectivity index (χ0n) is 20.0. The van der Waals surface area contributed by atoms with Crippen molar-refractivity contribution < 1.29 is 26.3 Å². The van der Waals surface area contributed by atoms with Crippen molar-refractivity contribution in [3.63, 3.8) is 0 Å². The summed E-state index contributed by atoms with van der Waals surface area (Å²) in [6.07, 6.45) is -4.74. The fraction of sp³-hybridized carbons (Fsp3) is 0.200. The molecule has 6 heteroatoms. The molecule has 0 unspecified atom stereocenters. The van der Waals surface area contributed by atoms with Crippen molar-refractivity contribution in [3.8, 4) is 23.7 Å². The molecule has 0 radical (unpaired) electrons.